The molecular formula is C11H20N2O4. The largest absolute Gasteiger partial charge is 0.481 e. The minimum absolute atomic E-state index is 0.0516. The third-order valence-corrected chi connectivity index (χ3v) is 2.11. The maximum Gasteiger partial charge on any atom is 0.321 e. The van der Waals surface area contributed by atoms with Crippen LogP contribution in [-0.2, 0) is 9.59 Å². The maximum absolute atomic E-state index is 11.2. The summed E-state index contributed by atoms with van der Waals surface area (Å²) < 4.78 is 0. The van der Waals surface area contributed by atoms with Gasteiger partial charge < -0.3 is 10.4 Å². The predicted molar refractivity (Wildman–Crippen MR) is 62.6 cm³/mol. The van der Waals surface area contributed by atoms with Crippen LogP contribution in [-0.4, -0.2) is 29.6 Å². The Morgan fingerprint density at radius 3 is 2.29 bits per heavy atom. The fourth-order valence-electron chi connectivity index (χ4n) is 1.17. The molecule has 0 aromatic carbocycles. The van der Waals surface area contributed by atoms with Crippen LogP contribution in [0.5, 0.6) is 0 Å². The molecule has 3 N–H and O–H groups in total. The van der Waals surface area contributed by atoms with Crippen molar-refractivity contribution in [1.29, 1.82) is 0 Å². The van der Waals surface area contributed by atoms with E-state index in [1.54, 1.807) is 0 Å². The highest BCUT2D eigenvalue weighted by atomic mass is 16.4. The first kappa shape index (κ1) is 15.4. The highest BCUT2D eigenvalue weighted by Gasteiger charge is 2.06. The van der Waals surface area contributed by atoms with Gasteiger partial charge in [-0.1, -0.05) is 13.3 Å². The Morgan fingerprint density at radius 2 is 1.71 bits per heavy atom. The Morgan fingerprint density at radius 1 is 1.06 bits per heavy atom. The lowest BCUT2D eigenvalue weighted by molar-refractivity contribution is -0.137. The molecule has 0 radical (unpaired) electrons. The summed E-state index contributed by atoms with van der Waals surface area (Å²) in [7, 11) is 0. The van der Waals surface area contributed by atoms with Gasteiger partial charge in [-0.25, -0.2) is 4.79 Å². The highest BCUT2D eigenvalue weighted by molar-refractivity contribution is 5.94. The van der Waals surface area contributed by atoms with Crippen LogP contribution in [0.1, 0.15) is 45.4 Å². The van der Waals surface area contributed by atoms with Gasteiger partial charge in [-0.3, -0.25) is 14.9 Å². The van der Waals surface area contributed by atoms with Gasteiger partial charge in [0.05, 0.1) is 0 Å². The average Bonchev–Trinajstić information content (AvgIpc) is 2.24. The first-order chi connectivity index (χ1) is 8.06. The summed E-state index contributed by atoms with van der Waals surface area (Å²) in [5.74, 6) is -1.24. The second-order valence-corrected chi connectivity index (χ2v) is 3.76. The van der Waals surface area contributed by atoms with Crippen LogP contribution in [0.3, 0.4) is 0 Å². The Labute approximate surface area is 101 Å². The number of aliphatic carboxylic acids is 1. The lowest BCUT2D eigenvalue weighted by atomic mass is 10.2. The van der Waals surface area contributed by atoms with Crippen molar-refractivity contribution in [2.24, 2.45) is 0 Å². The van der Waals surface area contributed by atoms with E-state index in [0.717, 1.165) is 12.8 Å². The molecule has 0 atom stereocenters. The van der Waals surface area contributed by atoms with Gasteiger partial charge in [0.15, 0.2) is 0 Å². The quantitative estimate of drug-likeness (QED) is 0.560. The number of urea groups is 1. The molecule has 0 heterocycles. The number of hydrogen-bond donors (Lipinski definition) is 3. The number of hydrogen-bond acceptors (Lipinski definition) is 3. The van der Waals surface area contributed by atoms with E-state index in [1.807, 2.05) is 6.92 Å². The average molecular weight is 244 g/mol. The Bertz CT molecular complexity index is 266. The number of carboxylic acids is 1. The van der Waals surface area contributed by atoms with Crippen LogP contribution in [0.15, 0.2) is 0 Å². The summed E-state index contributed by atoms with van der Waals surface area (Å²) in [5, 5.41) is 13.1. The lowest BCUT2D eigenvalue weighted by Crippen LogP contribution is -2.39. The number of rotatable bonds is 8. The van der Waals surface area contributed by atoms with E-state index in [4.69, 9.17) is 5.11 Å². The fourth-order valence-corrected chi connectivity index (χ4v) is 1.17. The molecule has 17 heavy (non-hydrogen) atoms. The molecule has 0 aliphatic heterocycles. The first-order valence-corrected chi connectivity index (χ1v) is 5.85. The molecule has 0 rings (SSSR count). The standard InChI is InChI=1S/C11H20N2O4/c1-2-3-8-12-11(17)13-9(14)6-4-5-7-10(15)16/h2-8H2,1H3,(H,15,16)(H2,12,13,14,17). The summed E-state index contributed by atoms with van der Waals surface area (Å²) >= 11 is 0. The van der Waals surface area contributed by atoms with Gasteiger partial charge in [-0.15, -0.1) is 0 Å². The topological polar surface area (TPSA) is 95.5 Å². The van der Waals surface area contributed by atoms with Gasteiger partial charge in [0.1, 0.15) is 0 Å². The third kappa shape index (κ3) is 10.7. The number of carbonyl (C=O) groups excluding carboxylic acids is 2. The van der Waals surface area contributed by atoms with Crippen molar-refractivity contribution in [1.82, 2.24) is 10.6 Å². The number of imide groups is 1. The molecule has 0 aromatic heterocycles. The van der Waals surface area contributed by atoms with E-state index < -0.39 is 12.0 Å². The second kappa shape index (κ2) is 9.62. The predicted octanol–water partition coefficient (Wildman–Crippen LogP) is 1.26. The van der Waals surface area contributed by atoms with Crippen LogP contribution >= 0.6 is 0 Å². The van der Waals surface area contributed by atoms with Crippen molar-refractivity contribution < 1.29 is 19.5 Å². The number of nitrogens with one attached hydrogen (secondary N) is 2. The molecule has 0 spiro atoms. The van der Waals surface area contributed by atoms with Crippen molar-refractivity contribution in [2.45, 2.75) is 45.4 Å². The van der Waals surface area contributed by atoms with E-state index in [0.29, 0.717) is 19.4 Å². The van der Waals surface area contributed by atoms with Crippen LogP contribution in [0, 0.1) is 0 Å². The number of unbranched alkanes of at least 4 members (excludes halogenated alkanes) is 2. The van der Waals surface area contributed by atoms with Crippen LogP contribution in [0.25, 0.3) is 0 Å². The van der Waals surface area contributed by atoms with Crippen molar-refractivity contribution in [3.8, 4) is 0 Å². The molecular weight excluding hydrogens is 224 g/mol. The lowest BCUT2D eigenvalue weighted by Gasteiger charge is -2.05. The molecule has 98 valence electrons. The minimum atomic E-state index is -0.872. The van der Waals surface area contributed by atoms with Crippen LogP contribution < -0.4 is 10.6 Å². The molecule has 0 unspecified atom stereocenters. The summed E-state index contributed by atoms with van der Waals surface area (Å²) in [6.45, 7) is 2.56. The molecule has 6 heteroatoms. The summed E-state index contributed by atoms with van der Waals surface area (Å²) in [6.07, 6.45) is 2.99. The van der Waals surface area contributed by atoms with Gasteiger partial charge in [-0.05, 0) is 19.3 Å². The Kier molecular flexibility index (Phi) is 8.72. The Hall–Kier alpha value is -1.59. The molecule has 0 saturated carbocycles. The summed E-state index contributed by atoms with van der Waals surface area (Å²) in [4.78, 5) is 32.5. The zero-order valence-corrected chi connectivity index (χ0v) is 10.1. The highest BCUT2D eigenvalue weighted by Crippen LogP contribution is 1.99. The normalized spacial score (nSPS) is 9.71. The molecule has 0 aromatic rings. The minimum Gasteiger partial charge on any atom is -0.481 e. The molecule has 6 nitrogen and oxygen atoms in total. The van der Waals surface area contributed by atoms with Crippen LogP contribution in [0.2, 0.25) is 0 Å². The van der Waals surface area contributed by atoms with E-state index in [2.05, 4.69) is 10.6 Å². The Balaban J connectivity index is 3.50. The van der Waals surface area contributed by atoms with Gasteiger partial charge >= 0.3 is 12.0 Å². The zero-order valence-electron chi connectivity index (χ0n) is 10.1. The zero-order chi connectivity index (χ0) is 13.1. The number of amides is 3. The molecule has 0 saturated heterocycles. The van der Waals surface area contributed by atoms with Crippen molar-refractivity contribution in [3.63, 3.8) is 0 Å². The number of carbonyl (C=O) groups is 3. The van der Waals surface area contributed by atoms with Gasteiger partial charge in [-0.2, -0.15) is 0 Å². The van der Waals surface area contributed by atoms with Crippen molar-refractivity contribution in [3.05, 3.63) is 0 Å². The summed E-state index contributed by atoms with van der Waals surface area (Å²) in [5.41, 5.74) is 0. The van der Waals surface area contributed by atoms with E-state index in [-0.39, 0.29) is 18.7 Å². The van der Waals surface area contributed by atoms with E-state index in [1.165, 1.54) is 0 Å². The van der Waals surface area contributed by atoms with E-state index in [9.17, 15) is 14.4 Å². The fraction of sp³-hybridized carbons (Fsp3) is 0.727. The monoisotopic (exact) mass is 244 g/mol. The van der Waals surface area contributed by atoms with Crippen LogP contribution in [0.4, 0.5) is 4.79 Å². The van der Waals surface area contributed by atoms with Gasteiger partial charge in [0.2, 0.25) is 5.91 Å². The molecule has 0 bridgehead atoms. The summed E-state index contributed by atoms with van der Waals surface area (Å²) in [6, 6.07) is -0.485. The molecule has 0 fully saturated rings. The molecule has 0 aliphatic carbocycles. The maximum atomic E-state index is 11.2. The first-order valence-electron chi connectivity index (χ1n) is 5.85. The third-order valence-electron chi connectivity index (χ3n) is 2.11. The SMILES string of the molecule is CCCCNC(=O)NC(=O)CCCCC(=O)O. The number of carboxylic acid groups (broad SMARTS) is 1. The van der Waals surface area contributed by atoms with Crippen molar-refractivity contribution in [2.75, 3.05) is 6.54 Å². The molecule has 3 amide bonds. The van der Waals surface area contributed by atoms with Gasteiger partial charge in [0, 0.05) is 19.4 Å². The molecule has 0 aliphatic rings. The smallest absolute Gasteiger partial charge is 0.321 e. The van der Waals surface area contributed by atoms with E-state index >= 15 is 0 Å². The van der Waals surface area contributed by atoms with Crippen molar-refractivity contribution >= 4 is 17.9 Å². The van der Waals surface area contributed by atoms with Gasteiger partial charge in [0.25, 0.3) is 0 Å². The second-order valence-electron chi connectivity index (χ2n) is 3.76.